The Labute approximate surface area is 86.7 Å². The summed E-state index contributed by atoms with van der Waals surface area (Å²) in [6, 6.07) is 15.8. The smallest absolute Gasteiger partial charge is 0.00718 e. The van der Waals surface area contributed by atoms with E-state index < -0.39 is 0 Å². The predicted octanol–water partition coefficient (Wildman–Crippen LogP) is 3.58. The second-order valence-corrected chi connectivity index (χ2v) is 3.84. The number of halogens is 1. The molecule has 65 valence electrons. The second kappa shape index (κ2) is 3.93. The highest BCUT2D eigenvalue weighted by Crippen LogP contribution is 2.15. The first-order chi connectivity index (χ1) is 6.40. The van der Waals surface area contributed by atoms with Crippen molar-refractivity contribution in [3.05, 3.63) is 48.0 Å². The van der Waals surface area contributed by atoms with Crippen LogP contribution in [0.3, 0.4) is 0 Å². The topological polar surface area (TPSA) is 0 Å². The van der Waals surface area contributed by atoms with E-state index >= 15 is 0 Å². The van der Waals surface area contributed by atoms with Crippen molar-refractivity contribution < 1.29 is 0 Å². The molecular weight excluding hydrogens is 224 g/mol. The van der Waals surface area contributed by atoms with E-state index in [1.165, 1.54) is 16.3 Å². The Kier molecular flexibility index (Phi) is 2.65. The number of hydrogen-bond donors (Lipinski definition) is 0. The molecule has 13 heavy (non-hydrogen) atoms. The van der Waals surface area contributed by atoms with E-state index in [1.807, 2.05) is 12.1 Å². The minimum atomic E-state index is 1.02. The molecular formula is C12H10Br. The SMILES string of the molecule is BrCCc1ccc2cc[c]cc2c1. The molecule has 0 atom stereocenters. The summed E-state index contributed by atoms with van der Waals surface area (Å²) in [5, 5.41) is 3.59. The molecule has 0 heterocycles. The van der Waals surface area contributed by atoms with Gasteiger partial charge in [-0.3, -0.25) is 0 Å². The van der Waals surface area contributed by atoms with Gasteiger partial charge in [0.2, 0.25) is 0 Å². The zero-order valence-electron chi connectivity index (χ0n) is 7.26. The van der Waals surface area contributed by atoms with Crippen molar-refractivity contribution in [1.29, 1.82) is 0 Å². The molecule has 0 saturated carbocycles. The summed E-state index contributed by atoms with van der Waals surface area (Å²) < 4.78 is 0. The van der Waals surface area contributed by atoms with E-state index in [0.717, 1.165) is 11.8 Å². The van der Waals surface area contributed by atoms with Crippen LogP contribution in [0.25, 0.3) is 10.8 Å². The Bertz CT molecular complexity index is 407. The monoisotopic (exact) mass is 233 g/mol. The maximum Gasteiger partial charge on any atom is 0.00718 e. The molecule has 2 aromatic rings. The van der Waals surface area contributed by atoms with Gasteiger partial charge in [0.25, 0.3) is 0 Å². The van der Waals surface area contributed by atoms with Gasteiger partial charge in [0.15, 0.2) is 0 Å². The minimum absolute atomic E-state index is 1.02. The first-order valence-electron chi connectivity index (χ1n) is 4.35. The van der Waals surface area contributed by atoms with Crippen molar-refractivity contribution in [3.8, 4) is 0 Å². The van der Waals surface area contributed by atoms with Gasteiger partial charge in [-0.1, -0.05) is 46.3 Å². The molecule has 1 radical (unpaired) electrons. The Balaban J connectivity index is 2.49. The average Bonchev–Trinajstić information content (AvgIpc) is 2.18. The fourth-order valence-corrected chi connectivity index (χ4v) is 1.90. The quantitative estimate of drug-likeness (QED) is 0.696. The van der Waals surface area contributed by atoms with Gasteiger partial charge in [-0.25, -0.2) is 0 Å². The zero-order chi connectivity index (χ0) is 9.10. The minimum Gasteiger partial charge on any atom is -0.0924 e. The van der Waals surface area contributed by atoms with E-state index in [9.17, 15) is 0 Å². The molecule has 0 unspecified atom stereocenters. The third-order valence-corrected chi connectivity index (χ3v) is 2.53. The third kappa shape index (κ3) is 1.92. The van der Waals surface area contributed by atoms with Crippen molar-refractivity contribution in [2.45, 2.75) is 6.42 Å². The van der Waals surface area contributed by atoms with Crippen molar-refractivity contribution in [2.24, 2.45) is 0 Å². The molecule has 0 amide bonds. The summed E-state index contributed by atoms with van der Waals surface area (Å²) in [5.41, 5.74) is 1.38. The summed E-state index contributed by atoms with van der Waals surface area (Å²) in [6.45, 7) is 0. The van der Waals surface area contributed by atoms with Crippen LogP contribution in [0.4, 0.5) is 0 Å². The maximum atomic E-state index is 3.44. The lowest BCUT2D eigenvalue weighted by Gasteiger charge is -2.00. The third-order valence-electron chi connectivity index (χ3n) is 2.13. The van der Waals surface area contributed by atoms with E-state index in [1.54, 1.807) is 0 Å². The lowest BCUT2D eigenvalue weighted by atomic mass is 10.1. The largest absolute Gasteiger partial charge is 0.0924 e. The fraction of sp³-hybridized carbons (Fsp3) is 0.167. The van der Waals surface area contributed by atoms with Gasteiger partial charge in [-0.05, 0) is 34.9 Å². The van der Waals surface area contributed by atoms with E-state index in [0.29, 0.717) is 0 Å². The van der Waals surface area contributed by atoms with E-state index in [2.05, 4.69) is 46.3 Å². The lowest BCUT2D eigenvalue weighted by molar-refractivity contribution is 1.18. The van der Waals surface area contributed by atoms with Gasteiger partial charge in [-0.15, -0.1) is 0 Å². The first-order valence-corrected chi connectivity index (χ1v) is 5.47. The Morgan fingerprint density at radius 2 is 2.08 bits per heavy atom. The van der Waals surface area contributed by atoms with Crippen LogP contribution in [0, 0.1) is 6.07 Å². The van der Waals surface area contributed by atoms with Crippen LogP contribution in [0.2, 0.25) is 0 Å². The van der Waals surface area contributed by atoms with Crippen LogP contribution < -0.4 is 0 Å². The highest BCUT2D eigenvalue weighted by Gasteiger charge is 1.94. The summed E-state index contributed by atoms with van der Waals surface area (Å²) in [5.74, 6) is 0. The van der Waals surface area contributed by atoms with E-state index in [-0.39, 0.29) is 0 Å². The molecule has 0 fully saturated rings. The van der Waals surface area contributed by atoms with Gasteiger partial charge in [0.1, 0.15) is 0 Å². The van der Waals surface area contributed by atoms with Crippen LogP contribution in [0.1, 0.15) is 5.56 Å². The molecule has 2 rings (SSSR count). The Morgan fingerprint density at radius 3 is 2.92 bits per heavy atom. The lowest BCUT2D eigenvalue weighted by Crippen LogP contribution is -1.84. The Morgan fingerprint density at radius 1 is 1.15 bits per heavy atom. The van der Waals surface area contributed by atoms with Crippen molar-refractivity contribution in [1.82, 2.24) is 0 Å². The molecule has 0 aliphatic rings. The number of aryl methyl sites for hydroxylation is 1. The molecule has 0 N–H and O–H groups in total. The summed E-state index contributed by atoms with van der Waals surface area (Å²) in [4.78, 5) is 0. The van der Waals surface area contributed by atoms with Crippen molar-refractivity contribution >= 4 is 26.7 Å². The molecule has 1 heteroatoms. The zero-order valence-corrected chi connectivity index (χ0v) is 8.84. The van der Waals surface area contributed by atoms with Crippen LogP contribution in [-0.4, -0.2) is 5.33 Å². The number of benzene rings is 2. The predicted molar refractivity (Wildman–Crippen MR) is 60.3 cm³/mol. The standard InChI is InChI=1S/C12H10Br/c13-8-7-10-5-6-11-3-1-2-4-12(11)9-10/h1,3-6,9H,7-8H2. The van der Waals surface area contributed by atoms with Crippen LogP contribution in [0.5, 0.6) is 0 Å². The molecule has 0 aliphatic heterocycles. The number of alkyl halides is 1. The molecule has 0 bridgehead atoms. The Hall–Kier alpha value is -0.820. The molecule has 0 aromatic heterocycles. The normalized spacial score (nSPS) is 10.5. The number of rotatable bonds is 2. The van der Waals surface area contributed by atoms with Gasteiger partial charge >= 0.3 is 0 Å². The second-order valence-electron chi connectivity index (χ2n) is 3.05. The van der Waals surface area contributed by atoms with Crippen molar-refractivity contribution in [3.63, 3.8) is 0 Å². The van der Waals surface area contributed by atoms with Crippen LogP contribution >= 0.6 is 15.9 Å². The van der Waals surface area contributed by atoms with Gasteiger partial charge in [0, 0.05) is 5.33 Å². The van der Waals surface area contributed by atoms with Crippen LogP contribution in [-0.2, 0) is 6.42 Å². The number of hydrogen-bond acceptors (Lipinski definition) is 0. The van der Waals surface area contributed by atoms with Gasteiger partial charge < -0.3 is 0 Å². The molecule has 0 spiro atoms. The summed E-state index contributed by atoms with van der Waals surface area (Å²) in [6.07, 6.45) is 1.09. The molecule has 0 nitrogen and oxygen atoms in total. The average molecular weight is 234 g/mol. The van der Waals surface area contributed by atoms with Gasteiger partial charge in [-0.2, -0.15) is 0 Å². The van der Waals surface area contributed by atoms with Crippen LogP contribution in [0.15, 0.2) is 36.4 Å². The van der Waals surface area contributed by atoms with E-state index in [4.69, 9.17) is 0 Å². The molecule has 2 aromatic carbocycles. The molecule has 0 aliphatic carbocycles. The maximum absolute atomic E-state index is 3.44. The molecule has 0 saturated heterocycles. The summed E-state index contributed by atoms with van der Waals surface area (Å²) in [7, 11) is 0. The van der Waals surface area contributed by atoms with Crippen molar-refractivity contribution in [2.75, 3.05) is 5.33 Å². The number of fused-ring (bicyclic) bond motifs is 1. The summed E-state index contributed by atoms with van der Waals surface area (Å²) >= 11 is 3.44. The first kappa shape index (κ1) is 8.76. The van der Waals surface area contributed by atoms with Gasteiger partial charge in [0.05, 0.1) is 0 Å². The highest BCUT2D eigenvalue weighted by molar-refractivity contribution is 9.09. The highest BCUT2D eigenvalue weighted by atomic mass is 79.9. The fourth-order valence-electron chi connectivity index (χ4n) is 1.44.